The molecule has 0 atom stereocenters. The van der Waals surface area contributed by atoms with E-state index in [0.29, 0.717) is 0 Å². The first-order valence-electron chi connectivity index (χ1n) is 7.48. The van der Waals surface area contributed by atoms with Crippen LogP contribution < -0.4 is 9.20 Å². The molecule has 0 saturated heterocycles. The number of hydrogen-bond donors (Lipinski definition) is 0. The van der Waals surface area contributed by atoms with Crippen LogP contribution >= 0.6 is 0 Å². The van der Waals surface area contributed by atoms with Gasteiger partial charge in [0.2, 0.25) is 0 Å². The quantitative estimate of drug-likeness (QED) is 0.396. The van der Waals surface area contributed by atoms with Gasteiger partial charge in [-0.05, 0) is 0 Å². The van der Waals surface area contributed by atoms with E-state index < -0.39 is 0 Å². The third kappa shape index (κ3) is 3.51. The molecule has 3 aromatic rings. The molecule has 0 N–H and O–H groups in total. The Morgan fingerprint density at radius 2 is 1.75 bits per heavy atom. The van der Waals surface area contributed by atoms with Crippen molar-refractivity contribution in [1.82, 2.24) is 0 Å². The van der Waals surface area contributed by atoms with E-state index in [0.717, 1.165) is 32.1 Å². The molecule has 0 aromatic heterocycles. The molecular formula is C21H16O2Se. The third-order valence-corrected chi connectivity index (χ3v) is 5.39. The van der Waals surface area contributed by atoms with Crippen LogP contribution in [0.1, 0.15) is 15.9 Å². The normalized spacial score (nSPS) is 10.1. The van der Waals surface area contributed by atoms with Gasteiger partial charge in [0.25, 0.3) is 0 Å². The predicted molar refractivity (Wildman–Crippen MR) is 99.4 cm³/mol. The zero-order chi connectivity index (χ0) is 16.9. The summed E-state index contributed by atoms with van der Waals surface area (Å²) in [6.07, 6.45) is 0. The maximum absolute atomic E-state index is 12.4. The van der Waals surface area contributed by atoms with Gasteiger partial charge in [0, 0.05) is 0 Å². The van der Waals surface area contributed by atoms with E-state index in [1.54, 1.807) is 7.11 Å². The van der Waals surface area contributed by atoms with Crippen LogP contribution in [0, 0.1) is 11.8 Å². The first kappa shape index (κ1) is 16.3. The second-order valence-corrected chi connectivity index (χ2v) is 6.99. The van der Waals surface area contributed by atoms with E-state index in [-0.39, 0.29) is 20.7 Å². The molecule has 2 nitrogen and oxygen atoms in total. The van der Waals surface area contributed by atoms with Crippen molar-refractivity contribution in [2.24, 2.45) is 0 Å². The number of fused-ring (bicyclic) bond motifs is 1. The summed E-state index contributed by atoms with van der Waals surface area (Å²) < 4.78 is 6.32. The number of carbonyl (C=O) groups is 1. The Labute approximate surface area is 148 Å². The van der Waals surface area contributed by atoms with Crippen molar-refractivity contribution in [2.75, 3.05) is 7.11 Å². The minimum absolute atomic E-state index is 0.121. The Morgan fingerprint density at radius 1 is 1.00 bits per heavy atom. The van der Waals surface area contributed by atoms with Crippen LogP contribution in [-0.2, 0) is 0 Å². The maximum atomic E-state index is 12.4. The van der Waals surface area contributed by atoms with Crippen molar-refractivity contribution >= 4 is 36.0 Å². The van der Waals surface area contributed by atoms with Crippen molar-refractivity contribution in [1.29, 1.82) is 0 Å². The van der Waals surface area contributed by atoms with Gasteiger partial charge in [-0.25, -0.2) is 0 Å². The second kappa shape index (κ2) is 7.36. The molecule has 3 aromatic carbocycles. The molecule has 0 radical (unpaired) electrons. The molecule has 0 heterocycles. The van der Waals surface area contributed by atoms with E-state index in [1.807, 2.05) is 60.7 Å². The van der Waals surface area contributed by atoms with Gasteiger partial charge in [-0.15, -0.1) is 0 Å². The van der Waals surface area contributed by atoms with E-state index in [4.69, 9.17) is 4.74 Å². The zero-order valence-electron chi connectivity index (χ0n) is 13.5. The molecule has 0 spiro atoms. The monoisotopic (exact) mass is 380 g/mol. The molecule has 3 heteroatoms. The van der Waals surface area contributed by atoms with Crippen LogP contribution in [0.25, 0.3) is 10.8 Å². The Kier molecular flexibility index (Phi) is 5.01. The van der Waals surface area contributed by atoms with Crippen LogP contribution in [0.3, 0.4) is 0 Å². The van der Waals surface area contributed by atoms with Crippen molar-refractivity contribution in [2.45, 2.75) is 5.82 Å². The molecule has 0 fully saturated rings. The van der Waals surface area contributed by atoms with E-state index >= 15 is 0 Å². The Bertz CT molecular complexity index is 964. The number of carbonyl (C=O) groups excluding carboxylic acids is 1. The Balaban J connectivity index is 1.90. The molecular weight excluding hydrogens is 363 g/mol. The molecule has 3 rings (SSSR count). The Hall–Kier alpha value is -2.53. The molecule has 0 amide bonds. The molecule has 24 heavy (non-hydrogen) atoms. The van der Waals surface area contributed by atoms with E-state index in [1.165, 1.54) is 0 Å². The van der Waals surface area contributed by atoms with Crippen LogP contribution in [0.2, 0.25) is 5.82 Å². The van der Waals surface area contributed by atoms with Crippen molar-refractivity contribution < 1.29 is 9.53 Å². The van der Waals surface area contributed by atoms with Crippen LogP contribution in [0.15, 0.2) is 60.7 Å². The number of hydrogen-bond acceptors (Lipinski definition) is 2. The standard InChI is InChI=1S/C21H16O2Se/c1-23-18-11-10-16-13-15(7-9-17(16)14-18)8-12-20(22)19-5-3-4-6-21(19)24-2/h3-7,9-11,13-14H,1-2H3. The molecule has 0 aliphatic carbocycles. The van der Waals surface area contributed by atoms with E-state index in [9.17, 15) is 4.79 Å². The van der Waals surface area contributed by atoms with Gasteiger partial charge in [0.15, 0.2) is 0 Å². The van der Waals surface area contributed by atoms with Gasteiger partial charge >= 0.3 is 141 Å². The van der Waals surface area contributed by atoms with Crippen molar-refractivity contribution in [3.8, 4) is 17.6 Å². The molecule has 118 valence electrons. The van der Waals surface area contributed by atoms with Gasteiger partial charge in [-0.2, -0.15) is 0 Å². The number of Topliss-reactive ketones (excluding diaryl/α,β-unsaturated/α-hetero) is 1. The fourth-order valence-corrected chi connectivity index (χ4v) is 3.71. The van der Waals surface area contributed by atoms with Crippen LogP contribution in [0.4, 0.5) is 0 Å². The molecule has 0 aliphatic heterocycles. The number of rotatable bonds is 3. The zero-order valence-corrected chi connectivity index (χ0v) is 15.2. The average Bonchev–Trinajstić information content (AvgIpc) is 2.65. The summed E-state index contributed by atoms with van der Waals surface area (Å²) in [4.78, 5) is 12.4. The van der Waals surface area contributed by atoms with Gasteiger partial charge < -0.3 is 0 Å². The van der Waals surface area contributed by atoms with Gasteiger partial charge in [0.05, 0.1) is 7.11 Å². The molecule has 0 saturated carbocycles. The topological polar surface area (TPSA) is 26.3 Å². The number of ether oxygens (including phenoxy) is 1. The minimum atomic E-state index is -0.121. The predicted octanol–water partition coefficient (Wildman–Crippen LogP) is 3.46. The summed E-state index contributed by atoms with van der Waals surface area (Å²) in [5.41, 5.74) is 1.55. The fraction of sp³-hybridized carbons (Fsp3) is 0.0952. The SMILES string of the molecule is COc1ccc2cc(C#CC(=O)c3ccccc3[Se]C)ccc2c1. The summed E-state index contributed by atoms with van der Waals surface area (Å²) in [6, 6.07) is 19.5. The first-order valence-corrected chi connectivity index (χ1v) is 10.1. The van der Waals surface area contributed by atoms with Crippen molar-refractivity contribution in [3.63, 3.8) is 0 Å². The summed E-state index contributed by atoms with van der Waals surface area (Å²) >= 11 is 0.274. The average molecular weight is 379 g/mol. The van der Waals surface area contributed by atoms with Crippen LogP contribution in [-0.4, -0.2) is 27.8 Å². The van der Waals surface area contributed by atoms with Gasteiger partial charge in [-0.1, -0.05) is 0 Å². The summed E-state index contributed by atoms with van der Waals surface area (Å²) in [5, 5.41) is 2.16. The molecule has 0 unspecified atom stereocenters. The summed E-state index contributed by atoms with van der Waals surface area (Å²) in [6.45, 7) is 0. The number of benzene rings is 3. The molecule has 0 aliphatic rings. The van der Waals surface area contributed by atoms with Crippen molar-refractivity contribution in [3.05, 3.63) is 71.8 Å². The van der Waals surface area contributed by atoms with Gasteiger partial charge in [-0.3, -0.25) is 0 Å². The number of methoxy groups -OCH3 is 1. The van der Waals surface area contributed by atoms with E-state index in [2.05, 4.69) is 17.7 Å². The summed E-state index contributed by atoms with van der Waals surface area (Å²) in [7, 11) is 1.65. The number of ketones is 1. The fourth-order valence-electron chi connectivity index (χ4n) is 2.46. The Morgan fingerprint density at radius 3 is 2.54 bits per heavy atom. The second-order valence-electron chi connectivity index (χ2n) is 5.21. The van der Waals surface area contributed by atoms with Crippen LogP contribution in [0.5, 0.6) is 5.75 Å². The summed E-state index contributed by atoms with van der Waals surface area (Å²) in [5.74, 6) is 8.57. The first-order chi connectivity index (χ1) is 11.7. The molecule has 0 bridgehead atoms. The third-order valence-electron chi connectivity index (χ3n) is 3.72. The van der Waals surface area contributed by atoms with Gasteiger partial charge in [0.1, 0.15) is 0 Å².